The van der Waals surface area contributed by atoms with Crippen LogP contribution in [-0.2, 0) is 9.63 Å². The van der Waals surface area contributed by atoms with Gasteiger partial charge >= 0.3 is 0 Å². The smallest absolute Gasteiger partial charge is 0.270 e. The van der Waals surface area contributed by atoms with E-state index in [4.69, 9.17) is 4.84 Å². The Hall–Kier alpha value is -2.34. The minimum atomic E-state index is -0.238. The fraction of sp³-hybridized carbons (Fsp3) is 0.522. The summed E-state index contributed by atoms with van der Waals surface area (Å²) in [6.45, 7) is 11.5. The zero-order valence-electron chi connectivity index (χ0n) is 19.5. The van der Waals surface area contributed by atoms with Gasteiger partial charge in [0.05, 0.1) is 18.6 Å². The number of hydrogen-bond donors (Lipinski definition) is 1. The Labute approximate surface area is 208 Å². The number of nitrogens with one attached hydrogen (secondary N) is 1. The standard InChI is InChI=1S/C23H31IN6O3/c1-6-16(4)26-11-14(2)19-8-10-33-30(19)22(32)17-7-9-29(13-18(17)24)23-27-12-15(3)20(28-23)21(31)25-5/h6,11-12,17-19H,2,7-10,13H2,1,3-5H3,(H,25,31)/b16-6-,26-11-/t17-,18-,19-/m0/s1. The van der Waals surface area contributed by atoms with Crippen molar-refractivity contribution >= 4 is 46.6 Å². The van der Waals surface area contributed by atoms with E-state index in [1.165, 1.54) is 5.06 Å². The summed E-state index contributed by atoms with van der Waals surface area (Å²) in [5.74, 6) is 0.0573. The van der Waals surface area contributed by atoms with Crippen LogP contribution in [0.15, 0.2) is 35.1 Å². The third-order valence-corrected chi connectivity index (χ3v) is 7.21. The second kappa shape index (κ2) is 11.2. The van der Waals surface area contributed by atoms with Crippen LogP contribution < -0.4 is 10.2 Å². The summed E-state index contributed by atoms with van der Waals surface area (Å²) in [6, 6.07) is -0.205. The summed E-state index contributed by atoms with van der Waals surface area (Å²) >= 11 is 2.32. The number of aromatic nitrogens is 2. The molecule has 0 bridgehead atoms. The zero-order chi connectivity index (χ0) is 24.1. The highest BCUT2D eigenvalue weighted by molar-refractivity contribution is 14.1. The van der Waals surface area contributed by atoms with E-state index in [9.17, 15) is 9.59 Å². The van der Waals surface area contributed by atoms with Gasteiger partial charge < -0.3 is 10.2 Å². The molecule has 3 rings (SSSR count). The molecule has 0 aromatic carbocycles. The van der Waals surface area contributed by atoms with E-state index in [0.717, 1.165) is 16.8 Å². The van der Waals surface area contributed by atoms with E-state index < -0.39 is 0 Å². The lowest BCUT2D eigenvalue weighted by Gasteiger charge is -2.37. The number of aryl methyl sites for hydroxylation is 1. The van der Waals surface area contributed by atoms with Crippen LogP contribution in [0, 0.1) is 12.8 Å². The summed E-state index contributed by atoms with van der Waals surface area (Å²) in [5.41, 5.74) is 2.75. The van der Waals surface area contributed by atoms with E-state index in [0.29, 0.717) is 44.2 Å². The molecule has 0 aliphatic carbocycles. The van der Waals surface area contributed by atoms with Crippen molar-refractivity contribution in [3.63, 3.8) is 0 Å². The minimum absolute atomic E-state index is 0.0234. The van der Waals surface area contributed by atoms with Gasteiger partial charge in [0.1, 0.15) is 5.69 Å². The van der Waals surface area contributed by atoms with E-state index in [-0.39, 0.29) is 27.7 Å². The topological polar surface area (TPSA) is 100 Å². The predicted molar refractivity (Wildman–Crippen MR) is 137 cm³/mol. The number of carbonyl (C=O) groups is 2. The number of allylic oxidation sites excluding steroid dienone is 2. The highest BCUT2D eigenvalue weighted by Gasteiger charge is 2.41. The van der Waals surface area contributed by atoms with Gasteiger partial charge in [-0.3, -0.25) is 19.4 Å². The van der Waals surface area contributed by atoms with Crippen LogP contribution in [0.25, 0.3) is 0 Å². The summed E-state index contributed by atoms with van der Waals surface area (Å²) in [7, 11) is 1.58. The monoisotopic (exact) mass is 566 g/mol. The van der Waals surface area contributed by atoms with Crippen molar-refractivity contribution in [1.29, 1.82) is 0 Å². The van der Waals surface area contributed by atoms with Crippen LogP contribution >= 0.6 is 22.6 Å². The number of rotatable bonds is 6. The van der Waals surface area contributed by atoms with E-state index >= 15 is 0 Å². The zero-order valence-corrected chi connectivity index (χ0v) is 21.7. The van der Waals surface area contributed by atoms with Crippen molar-refractivity contribution < 1.29 is 14.4 Å². The van der Waals surface area contributed by atoms with Crippen LogP contribution in [0.2, 0.25) is 0 Å². The number of nitrogens with zero attached hydrogens (tertiary/aromatic N) is 5. The van der Waals surface area contributed by atoms with Crippen LogP contribution in [0.5, 0.6) is 0 Å². The molecular weight excluding hydrogens is 535 g/mol. The molecule has 0 radical (unpaired) electrons. The maximum absolute atomic E-state index is 13.4. The molecular formula is C23H31IN6O3. The lowest BCUT2D eigenvalue weighted by Crippen LogP contribution is -2.50. The number of anilines is 1. The highest BCUT2D eigenvalue weighted by atomic mass is 127. The first-order valence-electron chi connectivity index (χ1n) is 11.0. The fourth-order valence-electron chi connectivity index (χ4n) is 3.83. The summed E-state index contributed by atoms with van der Waals surface area (Å²) in [5, 5.41) is 4.11. The molecule has 1 aromatic rings. The van der Waals surface area contributed by atoms with Crippen molar-refractivity contribution in [2.75, 3.05) is 31.6 Å². The van der Waals surface area contributed by atoms with Gasteiger partial charge in [0.25, 0.3) is 11.8 Å². The molecule has 2 aliphatic rings. The number of hydroxylamine groups is 2. The van der Waals surface area contributed by atoms with Gasteiger partial charge in [0, 0.05) is 48.6 Å². The molecule has 9 nitrogen and oxygen atoms in total. The number of hydrogen-bond acceptors (Lipinski definition) is 7. The molecule has 2 fully saturated rings. The molecule has 2 saturated heterocycles. The summed E-state index contributed by atoms with van der Waals surface area (Å²) in [4.78, 5) is 46.5. The summed E-state index contributed by atoms with van der Waals surface area (Å²) < 4.78 is 0.0363. The first-order valence-corrected chi connectivity index (χ1v) is 12.3. The molecule has 2 amide bonds. The minimum Gasteiger partial charge on any atom is -0.354 e. The van der Waals surface area contributed by atoms with Gasteiger partial charge in [-0.05, 0) is 38.3 Å². The predicted octanol–water partition coefficient (Wildman–Crippen LogP) is 2.86. The van der Waals surface area contributed by atoms with Crippen LogP contribution in [-0.4, -0.2) is 69.8 Å². The number of halogens is 1. The molecule has 1 N–H and O–H groups in total. The lowest BCUT2D eigenvalue weighted by atomic mass is 9.94. The number of carbonyl (C=O) groups excluding carboxylic acids is 2. The van der Waals surface area contributed by atoms with E-state index in [1.54, 1.807) is 19.5 Å². The van der Waals surface area contributed by atoms with Crippen LogP contribution in [0.4, 0.5) is 5.95 Å². The molecule has 3 heterocycles. The highest BCUT2D eigenvalue weighted by Crippen LogP contribution is 2.31. The Morgan fingerprint density at radius 1 is 1.39 bits per heavy atom. The second-order valence-corrected chi connectivity index (χ2v) is 9.80. The molecule has 0 spiro atoms. The SMILES string of the molecule is C=C(/C=N\C(C)=C/C)[C@@H]1CCON1C(=O)[C@H]1CCN(c2ncc(C)c(C(=O)NC)n2)C[C@@H]1I. The fourth-order valence-corrected chi connectivity index (χ4v) is 4.97. The first-order chi connectivity index (χ1) is 15.8. The molecule has 1 aromatic heterocycles. The van der Waals surface area contributed by atoms with Crippen molar-refractivity contribution in [3.8, 4) is 0 Å². The molecule has 2 aliphatic heterocycles. The number of alkyl halides is 1. The van der Waals surface area contributed by atoms with Crippen molar-refractivity contribution in [2.45, 2.75) is 43.6 Å². The average molecular weight is 566 g/mol. The number of piperidine rings is 1. The Bertz CT molecular complexity index is 979. The van der Waals surface area contributed by atoms with E-state index in [1.807, 2.05) is 31.7 Å². The quantitative estimate of drug-likeness (QED) is 0.323. The second-order valence-electron chi connectivity index (χ2n) is 8.20. The molecule has 0 unspecified atom stereocenters. The van der Waals surface area contributed by atoms with Gasteiger partial charge in [-0.2, -0.15) is 0 Å². The number of aliphatic imine (C=N–C) groups is 1. The number of amides is 2. The first kappa shape index (κ1) is 25.3. The van der Waals surface area contributed by atoms with Gasteiger partial charge in [-0.25, -0.2) is 15.0 Å². The summed E-state index contributed by atoms with van der Waals surface area (Å²) in [6.07, 6.45) is 6.65. The van der Waals surface area contributed by atoms with E-state index in [2.05, 4.69) is 49.4 Å². The van der Waals surface area contributed by atoms with Crippen LogP contribution in [0.3, 0.4) is 0 Å². The molecule has 3 atom stereocenters. The maximum atomic E-state index is 13.4. The lowest BCUT2D eigenvalue weighted by molar-refractivity contribution is -0.178. The Morgan fingerprint density at radius 2 is 2.15 bits per heavy atom. The average Bonchev–Trinajstić information content (AvgIpc) is 3.31. The Morgan fingerprint density at radius 3 is 2.82 bits per heavy atom. The Kier molecular flexibility index (Phi) is 8.57. The maximum Gasteiger partial charge on any atom is 0.270 e. The van der Waals surface area contributed by atoms with Gasteiger partial charge in [-0.1, -0.05) is 35.2 Å². The largest absolute Gasteiger partial charge is 0.354 e. The van der Waals surface area contributed by atoms with Gasteiger partial charge in [-0.15, -0.1) is 0 Å². The normalized spacial score (nSPS) is 23.8. The Balaban J connectivity index is 1.68. The molecule has 0 saturated carbocycles. The van der Waals surface area contributed by atoms with Crippen molar-refractivity contribution in [3.05, 3.63) is 41.4 Å². The van der Waals surface area contributed by atoms with Crippen molar-refractivity contribution in [2.24, 2.45) is 10.9 Å². The third-order valence-electron chi connectivity index (χ3n) is 5.94. The molecule has 33 heavy (non-hydrogen) atoms. The molecule has 10 heteroatoms. The molecule has 178 valence electrons. The van der Waals surface area contributed by atoms with Crippen LogP contribution in [0.1, 0.15) is 42.7 Å². The van der Waals surface area contributed by atoms with Crippen molar-refractivity contribution in [1.82, 2.24) is 20.3 Å². The van der Waals surface area contributed by atoms with Gasteiger partial charge in [0.2, 0.25) is 5.95 Å². The third kappa shape index (κ3) is 5.78. The van der Waals surface area contributed by atoms with Gasteiger partial charge in [0.15, 0.2) is 0 Å².